The molecule has 0 fully saturated rings. The van der Waals surface area contributed by atoms with E-state index in [1.165, 1.54) is 12.1 Å². The van der Waals surface area contributed by atoms with E-state index in [0.29, 0.717) is 4.47 Å². The Labute approximate surface area is 119 Å². The molecule has 2 aromatic carbocycles. The molecule has 5 heteroatoms. The maximum absolute atomic E-state index is 13.1. The van der Waals surface area contributed by atoms with Crippen LogP contribution in [0, 0.1) is 5.82 Å². The summed E-state index contributed by atoms with van der Waals surface area (Å²) in [7, 11) is 1.62. The molecular formula is C14H14BrFN2O. The smallest absolute Gasteiger partial charge is 0.124 e. The highest BCUT2D eigenvalue weighted by molar-refractivity contribution is 9.10. The maximum Gasteiger partial charge on any atom is 0.124 e. The van der Waals surface area contributed by atoms with Gasteiger partial charge in [-0.25, -0.2) is 9.82 Å². The van der Waals surface area contributed by atoms with Crippen molar-refractivity contribution in [3.8, 4) is 5.75 Å². The van der Waals surface area contributed by atoms with Gasteiger partial charge in [-0.1, -0.05) is 34.1 Å². The van der Waals surface area contributed by atoms with Crippen molar-refractivity contribution in [2.24, 2.45) is 5.84 Å². The van der Waals surface area contributed by atoms with E-state index in [1.807, 2.05) is 24.3 Å². The van der Waals surface area contributed by atoms with E-state index in [4.69, 9.17) is 10.6 Å². The molecule has 0 aliphatic carbocycles. The van der Waals surface area contributed by atoms with Gasteiger partial charge in [-0.05, 0) is 35.4 Å². The number of methoxy groups -OCH3 is 1. The number of hydrogen-bond acceptors (Lipinski definition) is 3. The topological polar surface area (TPSA) is 47.3 Å². The Morgan fingerprint density at radius 2 is 1.89 bits per heavy atom. The molecule has 0 amide bonds. The van der Waals surface area contributed by atoms with Crippen LogP contribution in [0.15, 0.2) is 46.9 Å². The van der Waals surface area contributed by atoms with Crippen LogP contribution in [0.1, 0.15) is 17.2 Å². The summed E-state index contributed by atoms with van der Waals surface area (Å²) in [5.41, 5.74) is 4.58. The lowest BCUT2D eigenvalue weighted by molar-refractivity contribution is 0.414. The van der Waals surface area contributed by atoms with Crippen LogP contribution in [-0.2, 0) is 0 Å². The first-order valence-electron chi connectivity index (χ1n) is 5.70. The first-order valence-corrected chi connectivity index (χ1v) is 6.50. The van der Waals surface area contributed by atoms with E-state index in [0.717, 1.165) is 16.9 Å². The van der Waals surface area contributed by atoms with Crippen LogP contribution in [0.25, 0.3) is 0 Å². The highest BCUT2D eigenvalue weighted by Gasteiger charge is 2.15. The molecule has 1 unspecified atom stereocenters. The second-order valence-electron chi connectivity index (χ2n) is 4.04. The molecule has 100 valence electrons. The fourth-order valence-electron chi connectivity index (χ4n) is 1.90. The Hall–Kier alpha value is -1.43. The zero-order valence-electron chi connectivity index (χ0n) is 10.4. The molecule has 3 N–H and O–H groups in total. The third-order valence-electron chi connectivity index (χ3n) is 2.89. The van der Waals surface area contributed by atoms with Crippen LogP contribution in [-0.4, -0.2) is 7.11 Å². The molecule has 0 aromatic heterocycles. The number of ether oxygens (including phenoxy) is 1. The summed E-state index contributed by atoms with van der Waals surface area (Å²) in [6, 6.07) is 11.9. The largest absolute Gasteiger partial charge is 0.497 e. The van der Waals surface area contributed by atoms with Crippen LogP contribution >= 0.6 is 15.9 Å². The third kappa shape index (κ3) is 3.12. The molecule has 0 bridgehead atoms. The molecule has 0 radical (unpaired) electrons. The van der Waals surface area contributed by atoms with Gasteiger partial charge in [0.25, 0.3) is 0 Å². The lowest BCUT2D eigenvalue weighted by atomic mass is 9.99. The van der Waals surface area contributed by atoms with Gasteiger partial charge < -0.3 is 4.74 Å². The molecule has 0 saturated carbocycles. The van der Waals surface area contributed by atoms with Gasteiger partial charge in [0, 0.05) is 4.47 Å². The van der Waals surface area contributed by atoms with Crippen LogP contribution < -0.4 is 16.0 Å². The highest BCUT2D eigenvalue weighted by atomic mass is 79.9. The molecule has 0 saturated heterocycles. The van der Waals surface area contributed by atoms with E-state index in [9.17, 15) is 4.39 Å². The summed E-state index contributed by atoms with van der Waals surface area (Å²) in [5.74, 6) is 6.10. The molecule has 0 heterocycles. The van der Waals surface area contributed by atoms with Gasteiger partial charge in [-0.15, -0.1) is 0 Å². The van der Waals surface area contributed by atoms with Crippen molar-refractivity contribution in [1.82, 2.24) is 5.43 Å². The molecule has 2 aromatic rings. The van der Waals surface area contributed by atoms with Gasteiger partial charge in [-0.3, -0.25) is 5.84 Å². The fourth-order valence-corrected chi connectivity index (χ4v) is 2.48. The quantitative estimate of drug-likeness (QED) is 0.671. The van der Waals surface area contributed by atoms with Crippen LogP contribution in [0.4, 0.5) is 4.39 Å². The summed E-state index contributed by atoms with van der Waals surface area (Å²) in [6.07, 6.45) is 0. The number of nitrogens with one attached hydrogen (secondary N) is 1. The van der Waals surface area contributed by atoms with Gasteiger partial charge in [0.1, 0.15) is 11.6 Å². The zero-order chi connectivity index (χ0) is 13.8. The van der Waals surface area contributed by atoms with E-state index >= 15 is 0 Å². The van der Waals surface area contributed by atoms with Gasteiger partial charge >= 0.3 is 0 Å². The van der Waals surface area contributed by atoms with E-state index < -0.39 is 0 Å². The number of rotatable bonds is 4. The van der Waals surface area contributed by atoms with Gasteiger partial charge in [0.2, 0.25) is 0 Å². The average molecular weight is 325 g/mol. The van der Waals surface area contributed by atoms with Crippen molar-refractivity contribution in [3.05, 3.63) is 63.9 Å². The average Bonchev–Trinajstić information content (AvgIpc) is 2.42. The first kappa shape index (κ1) is 14.0. The molecule has 2 rings (SSSR count). The molecule has 0 aliphatic heterocycles. The highest BCUT2D eigenvalue weighted by Crippen LogP contribution is 2.29. The SMILES string of the molecule is COc1ccc(C(NN)c2ccc(F)cc2Br)cc1. The summed E-state index contributed by atoms with van der Waals surface area (Å²) < 4.78 is 18.9. The van der Waals surface area contributed by atoms with Crippen molar-refractivity contribution in [1.29, 1.82) is 0 Å². The molecule has 0 aliphatic rings. The standard InChI is InChI=1S/C14H14BrFN2O/c1-19-11-5-2-9(3-6-11)14(18-17)12-7-4-10(16)8-13(12)15/h2-8,14,18H,17H2,1H3. The molecule has 0 spiro atoms. The van der Waals surface area contributed by atoms with Crippen molar-refractivity contribution in [2.45, 2.75) is 6.04 Å². The molecule has 1 atom stereocenters. The van der Waals surface area contributed by atoms with Crippen LogP contribution in [0.3, 0.4) is 0 Å². The number of nitrogens with two attached hydrogens (primary N) is 1. The lowest BCUT2D eigenvalue weighted by Crippen LogP contribution is -2.29. The number of hydrogen-bond donors (Lipinski definition) is 2. The minimum Gasteiger partial charge on any atom is -0.497 e. The Balaban J connectivity index is 2.37. The Morgan fingerprint density at radius 3 is 2.42 bits per heavy atom. The summed E-state index contributed by atoms with van der Waals surface area (Å²) in [4.78, 5) is 0. The Morgan fingerprint density at radius 1 is 1.21 bits per heavy atom. The van der Waals surface area contributed by atoms with E-state index in [-0.39, 0.29) is 11.9 Å². The molecular weight excluding hydrogens is 311 g/mol. The Bertz CT molecular complexity index is 560. The Kier molecular flexibility index (Phi) is 4.52. The fraction of sp³-hybridized carbons (Fsp3) is 0.143. The second kappa shape index (κ2) is 6.14. The maximum atomic E-state index is 13.1. The van der Waals surface area contributed by atoms with Gasteiger partial charge in [-0.2, -0.15) is 0 Å². The van der Waals surface area contributed by atoms with Crippen molar-refractivity contribution >= 4 is 15.9 Å². The minimum absolute atomic E-state index is 0.221. The predicted molar refractivity (Wildman–Crippen MR) is 76.3 cm³/mol. The van der Waals surface area contributed by atoms with Crippen molar-refractivity contribution in [3.63, 3.8) is 0 Å². The monoisotopic (exact) mass is 324 g/mol. The van der Waals surface area contributed by atoms with Crippen LogP contribution in [0.2, 0.25) is 0 Å². The normalized spacial score (nSPS) is 12.2. The minimum atomic E-state index is -0.291. The molecule has 3 nitrogen and oxygen atoms in total. The first-order chi connectivity index (χ1) is 9.15. The number of hydrazine groups is 1. The zero-order valence-corrected chi connectivity index (χ0v) is 11.9. The van der Waals surface area contributed by atoms with Gasteiger partial charge in [0.05, 0.1) is 13.2 Å². The van der Waals surface area contributed by atoms with E-state index in [2.05, 4.69) is 21.4 Å². The third-order valence-corrected chi connectivity index (χ3v) is 3.58. The summed E-state index contributed by atoms with van der Waals surface area (Å²) in [5, 5.41) is 0. The van der Waals surface area contributed by atoms with Gasteiger partial charge in [0.15, 0.2) is 0 Å². The number of halogens is 2. The predicted octanol–water partition coefficient (Wildman–Crippen LogP) is 3.15. The second-order valence-corrected chi connectivity index (χ2v) is 4.89. The summed E-state index contributed by atoms with van der Waals surface area (Å²) in [6.45, 7) is 0. The van der Waals surface area contributed by atoms with E-state index in [1.54, 1.807) is 13.2 Å². The number of benzene rings is 2. The van der Waals surface area contributed by atoms with Crippen molar-refractivity contribution < 1.29 is 9.13 Å². The van der Waals surface area contributed by atoms with Crippen LogP contribution in [0.5, 0.6) is 5.75 Å². The summed E-state index contributed by atoms with van der Waals surface area (Å²) >= 11 is 3.35. The van der Waals surface area contributed by atoms with Crippen molar-refractivity contribution in [2.75, 3.05) is 7.11 Å². The molecule has 19 heavy (non-hydrogen) atoms. The lowest BCUT2D eigenvalue weighted by Gasteiger charge is -2.18.